The fourth-order valence-corrected chi connectivity index (χ4v) is 5.50. The van der Waals surface area contributed by atoms with Gasteiger partial charge in [0.15, 0.2) is 0 Å². The lowest BCUT2D eigenvalue weighted by atomic mass is 9.77. The summed E-state index contributed by atoms with van der Waals surface area (Å²) in [6.45, 7) is 3.55. The molecule has 3 aromatic rings. The largest absolute Gasteiger partial charge is 0.380 e. The summed E-state index contributed by atoms with van der Waals surface area (Å²) in [5, 5.41) is 6.55. The first-order valence-corrected chi connectivity index (χ1v) is 13.2. The minimum Gasteiger partial charge on any atom is -0.380 e. The lowest BCUT2D eigenvalue weighted by Crippen LogP contribution is -2.69. The second-order valence-electron chi connectivity index (χ2n) is 10.8. The molecule has 38 heavy (non-hydrogen) atoms. The molecule has 0 radical (unpaired) electrons. The average molecular weight is 518 g/mol. The molecule has 1 spiro atoms. The highest BCUT2D eigenvalue weighted by Gasteiger charge is 2.51. The Kier molecular flexibility index (Phi) is 6.71. The summed E-state index contributed by atoms with van der Waals surface area (Å²) in [5.41, 5.74) is 2.69. The number of carbonyl (C=O) groups excluding carboxylic acids is 2. The Balaban J connectivity index is 1.04. The minimum atomic E-state index is -0.580. The summed E-state index contributed by atoms with van der Waals surface area (Å²) >= 11 is 0. The van der Waals surface area contributed by atoms with E-state index in [1.165, 1.54) is 12.1 Å². The highest BCUT2D eigenvalue weighted by molar-refractivity contribution is 5.97. The van der Waals surface area contributed by atoms with E-state index in [0.29, 0.717) is 50.2 Å². The summed E-state index contributed by atoms with van der Waals surface area (Å²) < 4.78 is 20.4. The van der Waals surface area contributed by atoms with Gasteiger partial charge >= 0.3 is 0 Å². The molecule has 6 rings (SSSR count). The Hall–Kier alpha value is -3.56. The van der Waals surface area contributed by atoms with Crippen LogP contribution in [0.5, 0.6) is 0 Å². The van der Waals surface area contributed by atoms with Gasteiger partial charge in [-0.1, -0.05) is 12.1 Å². The molecule has 8 nitrogen and oxygen atoms in total. The molecule has 2 N–H and O–H groups in total. The normalized spacial score (nSPS) is 21.9. The van der Waals surface area contributed by atoms with Gasteiger partial charge in [-0.3, -0.25) is 9.59 Å². The van der Waals surface area contributed by atoms with Crippen molar-refractivity contribution in [2.45, 2.75) is 37.3 Å². The fourth-order valence-electron chi connectivity index (χ4n) is 5.50. The number of benzene rings is 2. The third-order valence-electron chi connectivity index (χ3n) is 7.88. The van der Waals surface area contributed by atoms with Crippen LogP contribution < -0.4 is 10.6 Å². The number of halogens is 1. The molecule has 1 aromatic heterocycles. The molecule has 1 saturated carbocycles. The van der Waals surface area contributed by atoms with Gasteiger partial charge in [0.05, 0.1) is 25.0 Å². The molecule has 2 amide bonds. The van der Waals surface area contributed by atoms with Crippen LogP contribution in [0.3, 0.4) is 0 Å². The second-order valence-corrected chi connectivity index (χ2v) is 10.8. The summed E-state index contributed by atoms with van der Waals surface area (Å²) in [6.07, 6.45) is 7.58. The van der Waals surface area contributed by atoms with Crippen LogP contribution in [0.15, 0.2) is 67.3 Å². The number of nitrogens with zero attached hydrogens (tertiary/aromatic N) is 3. The van der Waals surface area contributed by atoms with E-state index < -0.39 is 6.04 Å². The van der Waals surface area contributed by atoms with Crippen molar-refractivity contribution >= 4 is 11.8 Å². The standard InChI is InChI=1S/C29H32FN5O3/c30-22-7-3-20(4-8-22)24-14-26(24)32-11-1-2-25(28(37)35-15-29(16-35)17-38-18-29)33-27(36)21-5-9-23(10-6-21)34-13-12-31-19-34/h3-10,12-13,19,24-26,32H,1-2,11,14-18H2,(H,33,36)/t24-,25-,26+/m0/s1. The zero-order valence-corrected chi connectivity index (χ0v) is 21.2. The van der Waals surface area contributed by atoms with Crippen LogP contribution >= 0.6 is 0 Å². The lowest BCUT2D eigenvalue weighted by Gasteiger charge is -2.55. The lowest BCUT2D eigenvalue weighted by molar-refractivity contribution is -0.196. The summed E-state index contributed by atoms with van der Waals surface area (Å²) in [4.78, 5) is 32.3. The number of amides is 2. The van der Waals surface area contributed by atoms with Crippen LogP contribution in [0.25, 0.3) is 5.69 Å². The summed E-state index contributed by atoms with van der Waals surface area (Å²) in [6, 6.07) is 13.7. The molecule has 3 atom stereocenters. The molecule has 3 heterocycles. The van der Waals surface area contributed by atoms with Crippen molar-refractivity contribution in [1.82, 2.24) is 25.1 Å². The molecule has 2 saturated heterocycles. The molecule has 3 aliphatic rings. The number of likely N-dealkylation sites (tertiary alicyclic amines) is 1. The number of hydrogen-bond acceptors (Lipinski definition) is 5. The van der Waals surface area contributed by atoms with E-state index in [4.69, 9.17) is 4.74 Å². The van der Waals surface area contributed by atoms with Crippen molar-refractivity contribution in [2.24, 2.45) is 5.41 Å². The van der Waals surface area contributed by atoms with Gasteiger partial charge in [0, 0.05) is 48.7 Å². The van der Waals surface area contributed by atoms with E-state index in [-0.39, 0.29) is 23.0 Å². The van der Waals surface area contributed by atoms with Gasteiger partial charge in [-0.2, -0.15) is 0 Å². The van der Waals surface area contributed by atoms with E-state index in [9.17, 15) is 14.0 Å². The Morgan fingerprint density at radius 3 is 2.53 bits per heavy atom. The van der Waals surface area contributed by atoms with E-state index in [2.05, 4.69) is 15.6 Å². The van der Waals surface area contributed by atoms with Gasteiger partial charge in [0.2, 0.25) is 5.91 Å². The molecular formula is C29H32FN5O3. The van der Waals surface area contributed by atoms with E-state index in [0.717, 1.165) is 30.6 Å². The van der Waals surface area contributed by atoms with Gasteiger partial charge in [0.1, 0.15) is 11.9 Å². The topological polar surface area (TPSA) is 88.5 Å². The maximum atomic E-state index is 13.3. The zero-order valence-electron chi connectivity index (χ0n) is 21.2. The van der Waals surface area contributed by atoms with Crippen molar-refractivity contribution in [3.63, 3.8) is 0 Å². The molecule has 198 valence electrons. The van der Waals surface area contributed by atoms with Crippen LogP contribution in [-0.4, -0.2) is 71.2 Å². The predicted molar refractivity (Wildman–Crippen MR) is 139 cm³/mol. The number of hydrogen-bond donors (Lipinski definition) is 2. The van der Waals surface area contributed by atoms with Gasteiger partial charge in [0.25, 0.3) is 5.91 Å². The molecule has 2 aromatic carbocycles. The molecule has 0 bridgehead atoms. The van der Waals surface area contributed by atoms with Crippen LogP contribution in [0, 0.1) is 11.2 Å². The van der Waals surface area contributed by atoms with Crippen molar-refractivity contribution in [1.29, 1.82) is 0 Å². The molecule has 9 heteroatoms. The Morgan fingerprint density at radius 2 is 1.87 bits per heavy atom. The van der Waals surface area contributed by atoms with Crippen molar-refractivity contribution in [3.05, 3.63) is 84.2 Å². The number of carbonyl (C=O) groups is 2. The van der Waals surface area contributed by atoms with E-state index in [1.54, 1.807) is 24.7 Å². The molecule has 3 fully saturated rings. The first kappa shape index (κ1) is 24.8. The van der Waals surface area contributed by atoms with Crippen molar-refractivity contribution in [3.8, 4) is 5.69 Å². The number of rotatable bonds is 10. The highest BCUT2D eigenvalue weighted by Crippen LogP contribution is 2.41. The van der Waals surface area contributed by atoms with Crippen molar-refractivity contribution in [2.75, 3.05) is 32.8 Å². The SMILES string of the molecule is O=C(N[C@@H](CCCN[C@@H]1C[C@H]1c1ccc(F)cc1)C(=O)N1CC2(COC2)C1)c1ccc(-n2ccnc2)cc1. The van der Waals surface area contributed by atoms with E-state index >= 15 is 0 Å². The summed E-state index contributed by atoms with van der Waals surface area (Å²) in [7, 11) is 0. The number of imidazole rings is 1. The van der Waals surface area contributed by atoms with Crippen LogP contribution in [0.1, 0.15) is 41.1 Å². The molecular weight excluding hydrogens is 485 g/mol. The minimum absolute atomic E-state index is 0.0264. The third-order valence-corrected chi connectivity index (χ3v) is 7.88. The average Bonchev–Trinajstić information content (AvgIpc) is 3.43. The molecule has 1 aliphatic carbocycles. The first-order valence-electron chi connectivity index (χ1n) is 13.2. The smallest absolute Gasteiger partial charge is 0.251 e. The first-order chi connectivity index (χ1) is 18.5. The third kappa shape index (κ3) is 5.21. The van der Waals surface area contributed by atoms with Crippen LogP contribution in [-0.2, 0) is 9.53 Å². The van der Waals surface area contributed by atoms with Crippen molar-refractivity contribution < 1.29 is 18.7 Å². The number of ether oxygens (including phenoxy) is 1. The zero-order chi connectivity index (χ0) is 26.1. The second kappa shape index (κ2) is 10.3. The Morgan fingerprint density at radius 1 is 1.11 bits per heavy atom. The number of aromatic nitrogens is 2. The monoisotopic (exact) mass is 517 g/mol. The fraction of sp³-hybridized carbons (Fsp3) is 0.414. The molecule has 2 aliphatic heterocycles. The maximum absolute atomic E-state index is 13.3. The van der Waals surface area contributed by atoms with Crippen LogP contribution in [0.4, 0.5) is 4.39 Å². The van der Waals surface area contributed by atoms with Crippen LogP contribution in [0.2, 0.25) is 0 Å². The Labute approximate surface area is 221 Å². The predicted octanol–water partition coefficient (Wildman–Crippen LogP) is 2.89. The Bertz CT molecular complexity index is 1270. The molecule has 0 unspecified atom stereocenters. The van der Waals surface area contributed by atoms with Gasteiger partial charge in [-0.05, 0) is 67.8 Å². The number of nitrogens with one attached hydrogen (secondary N) is 2. The maximum Gasteiger partial charge on any atom is 0.251 e. The summed E-state index contributed by atoms with van der Waals surface area (Å²) in [5.74, 6) is -0.0976. The van der Waals surface area contributed by atoms with Gasteiger partial charge < -0.3 is 24.8 Å². The quantitative estimate of drug-likeness (QED) is 0.404. The van der Waals surface area contributed by atoms with Gasteiger partial charge in [-0.15, -0.1) is 0 Å². The van der Waals surface area contributed by atoms with E-state index in [1.807, 2.05) is 39.9 Å². The highest BCUT2D eigenvalue weighted by atomic mass is 19.1. The van der Waals surface area contributed by atoms with Gasteiger partial charge in [-0.25, -0.2) is 9.37 Å².